The van der Waals surface area contributed by atoms with Crippen molar-refractivity contribution < 1.29 is 43.1 Å². The maximum absolute atomic E-state index is 13.0. The van der Waals surface area contributed by atoms with Crippen LogP contribution in [0.1, 0.15) is 18.1 Å². The molecule has 10 nitrogen and oxygen atoms in total. The lowest BCUT2D eigenvalue weighted by atomic mass is 10.0. The first-order chi connectivity index (χ1) is 18.5. The number of phenolic OH excluding ortho intramolecular Hbond substituents is 1. The number of anilines is 1. The van der Waals surface area contributed by atoms with E-state index < -0.39 is 24.3 Å². The number of hydrogen-bond donors (Lipinski definition) is 3. The molecule has 0 spiro atoms. The second-order valence-electron chi connectivity index (χ2n) is 8.09. The number of aromatic hydroxyl groups is 1. The Balaban J connectivity index is 1.60. The number of phenols is 1. The second kappa shape index (κ2) is 12.8. The topological polar surface area (TPSA) is 122 Å². The highest BCUT2D eigenvalue weighted by molar-refractivity contribution is 7.81. The number of rotatable bonds is 11. The van der Waals surface area contributed by atoms with Crippen LogP contribution in [0.5, 0.6) is 28.7 Å². The van der Waals surface area contributed by atoms with E-state index in [4.69, 9.17) is 28.4 Å². The van der Waals surface area contributed by atoms with Gasteiger partial charge in [0, 0.05) is 23.7 Å². The van der Waals surface area contributed by atoms with E-state index in [2.05, 4.69) is 17.9 Å². The fraction of sp³-hybridized carbons (Fsp3) is 0.259. The molecule has 2 atom stereocenters. The average molecular weight is 542 g/mol. The van der Waals surface area contributed by atoms with E-state index in [9.17, 15) is 14.7 Å². The van der Waals surface area contributed by atoms with E-state index in [0.29, 0.717) is 28.5 Å². The van der Waals surface area contributed by atoms with E-state index in [1.165, 1.54) is 13.2 Å². The molecule has 0 aliphatic carbocycles. The number of amides is 1. The van der Waals surface area contributed by atoms with Crippen LogP contribution in [0.15, 0.2) is 66.7 Å². The summed E-state index contributed by atoms with van der Waals surface area (Å²) in [5.74, 6) is 1.12. The van der Waals surface area contributed by atoms with Crippen LogP contribution in [0.2, 0.25) is 0 Å². The summed E-state index contributed by atoms with van der Waals surface area (Å²) in [4.78, 5) is 24.7. The number of ether oxygens (including phenoxy) is 6. The SMILES string of the molecule is COc1ccc([C@H](OC(=O)Nc2ccc3c(c2)OCO3)[C@H](CCOC(=O)CS)Oc2ccccc2)cc1O. The smallest absolute Gasteiger partial charge is 0.412 e. The molecule has 200 valence electrons. The fourth-order valence-electron chi connectivity index (χ4n) is 3.76. The number of thiol groups is 1. The monoisotopic (exact) mass is 541 g/mol. The lowest BCUT2D eigenvalue weighted by Crippen LogP contribution is -2.32. The zero-order valence-corrected chi connectivity index (χ0v) is 21.4. The van der Waals surface area contributed by atoms with Crippen molar-refractivity contribution >= 4 is 30.4 Å². The molecule has 0 radical (unpaired) electrons. The molecule has 0 saturated carbocycles. The van der Waals surface area contributed by atoms with E-state index in [1.54, 1.807) is 54.6 Å². The van der Waals surface area contributed by atoms with Gasteiger partial charge in [-0.15, -0.1) is 0 Å². The lowest BCUT2D eigenvalue weighted by Gasteiger charge is -2.28. The predicted molar refractivity (Wildman–Crippen MR) is 140 cm³/mol. The molecule has 1 aliphatic heterocycles. The van der Waals surface area contributed by atoms with Crippen molar-refractivity contribution in [2.45, 2.75) is 18.6 Å². The molecule has 1 aliphatic rings. The van der Waals surface area contributed by atoms with Crippen LogP contribution >= 0.6 is 12.6 Å². The average Bonchev–Trinajstić information content (AvgIpc) is 3.39. The van der Waals surface area contributed by atoms with Crippen LogP contribution in [-0.2, 0) is 14.3 Å². The lowest BCUT2D eigenvalue weighted by molar-refractivity contribution is -0.141. The summed E-state index contributed by atoms with van der Waals surface area (Å²) in [6.07, 6.45) is -2.43. The molecule has 38 heavy (non-hydrogen) atoms. The number of carbonyl (C=O) groups is 2. The Morgan fingerprint density at radius 3 is 2.58 bits per heavy atom. The summed E-state index contributed by atoms with van der Waals surface area (Å²) in [6, 6.07) is 18.5. The Labute approximate surface area is 224 Å². The van der Waals surface area contributed by atoms with Gasteiger partial charge in [-0.1, -0.05) is 24.3 Å². The van der Waals surface area contributed by atoms with E-state index in [1.807, 2.05) is 6.07 Å². The van der Waals surface area contributed by atoms with Crippen LogP contribution in [-0.4, -0.2) is 49.5 Å². The highest BCUT2D eigenvalue weighted by Gasteiger charge is 2.31. The molecule has 0 bridgehead atoms. The molecule has 3 aromatic carbocycles. The number of nitrogens with one attached hydrogen (secondary N) is 1. The van der Waals surface area contributed by atoms with Crippen molar-refractivity contribution in [3.63, 3.8) is 0 Å². The molecule has 1 amide bonds. The summed E-state index contributed by atoms with van der Waals surface area (Å²) in [5.41, 5.74) is 0.865. The van der Waals surface area contributed by atoms with Gasteiger partial charge in [-0.2, -0.15) is 12.6 Å². The summed E-state index contributed by atoms with van der Waals surface area (Å²) in [6.45, 7) is 0.0885. The third-order valence-electron chi connectivity index (χ3n) is 5.55. The van der Waals surface area contributed by atoms with Crippen molar-refractivity contribution in [2.75, 3.05) is 31.6 Å². The molecule has 3 aromatic rings. The number of methoxy groups -OCH3 is 1. The van der Waals surface area contributed by atoms with Crippen molar-refractivity contribution in [1.29, 1.82) is 0 Å². The Morgan fingerprint density at radius 2 is 1.84 bits per heavy atom. The Kier molecular flexibility index (Phi) is 9.04. The van der Waals surface area contributed by atoms with Gasteiger partial charge in [-0.25, -0.2) is 4.79 Å². The molecular formula is C27H27NO9S. The number of esters is 1. The quantitative estimate of drug-likeness (QED) is 0.234. The van der Waals surface area contributed by atoms with Crippen LogP contribution in [0.25, 0.3) is 0 Å². The molecule has 0 saturated heterocycles. The first-order valence-corrected chi connectivity index (χ1v) is 12.3. The van der Waals surface area contributed by atoms with Gasteiger partial charge in [0.25, 0.3) is 0 Å². The van der Waals surface area contributed by atoms with Crippen LogP contribution < -0.4 is 24.3 Å². The first kappa shape index (κ1) is 26.8. The summed E-state index contributed by atoms with van der Waals surface area (Å²) < 4.78 is 33.1. The summed E-state index contributed by atoms with van der Waals surface area (Å²) in [7, 11) is 1.43. The van der Waals surface area contributed by atoms with Gasteiger partial charge in [0.2, 0.25) is 6.79 Å². The number of para-hydroxylation sites is 1. The Morgan fingerprint density at radius 1 is 1.05 bits per heavy atom. The van der Waals surface area contributed by atoms with Crippen molar-refractivity contribution in [1.82, 2.24) is 0 Å². The van der Waals surface area contributed by atoms with E-state index >= 15 is 0 Å². The predicted octanol–water partition coefficient (Wildman–Crippen LogP) is 4.73. The van der Waals surface area contributed by atoms with Crippen LogP contribution in [0, 0.1) is 0 Å². The fourth-order valence-corrected chi connectivity index (χ4v) is 3.85. The van der Waals surface area contributed by atoms with Gasteiger partial charge in [0.1, 0.15) is 11.9 Å². The zero-order chi connectivity index (χ0) is 26.9. The van der Waals surface area contributed by atoms with E-state index in [0.717, 1.165) is 0 Å². The highest BCUT2D eigenvalue weighted by atomic mass is 32.1. The highest BCUT2D eigenvalue weighted by Crippen LogP contribution is 2.36. The molecule has 0 fully saturated rings. The third kappa shape index (κ3) is 6.94. The molecule has 11 heteroatoms. The van der Waals surface area contributed by atoms with Gasteiger partial charge in [-0.05, 0) is 36.4 Å². The molecule has 0 aromatic heterocycles. The van der Waals surface area contributed by atoms with Gasteiger partial charge in [-0.3, -0.25) is 10.1 Å². The number of benzene rings is 3. The van der Waals surface area contributed by atoms with E-state index in [-0.39, 0.29) is 37.1 Å². The maximum Gasteiger partial charge on any atom is 0.412 e. The molecule has 1 heterocycles. The maximum atomic E-state index is 13.0. The standard InChI is InChI=1S/C27H27NO9S/c1-32-21-9-7-17(13-20(21)29)26(37-27(31)28-18-8-10-22-24(14-18)35-16-34-22)23(11-12-33-25(30)15-38)36-19-5-3-2-4-6-19/h2-10,13-14,23,26,29,38H,11-12,15-16H2,1H3,(H,28,31)/t23-,26-/m0/s1. The van der Waals surface area contributed by atoms with Gasteiger partial charge in [0.15, 0.2) is 29.1 Å². The first-order valence-electron chi connectivity index (χ1n) is 11.7. The number of carbonyl (C=O) groups excluding carboxylic acids is 2. The van der Waals surface area contributed by atoms with Crippen molar-refractivity contribution in [3.05, 3.63) is 72.3 Å². The molecule has 4 rings (SSSR count). The summed E-state index contributed by atoms with van der Waals surface area (Å²) >= 11 is 3.93. The zero-order valence-electron chi connectivity index (χ0n) is 20.5. The minimum atomic E-state index is -1.02. The Bertz CT molecular complexity index is 1250. The molecule has 2 N–H and O–H groups in total. The van der Waals surface area contributed by atoms with Crippen LogP contribution in [0.4, 0.5) is 10.5 Å². The van der Waals surface area contributed by atoms with Gasteiger partial charge in [0.05, 0.1) is 19.5 Å². The van der Waals surface area contributed by atoms with Crippen molar-refractivity contribution in [3.8, 4) is 28.7 Å². The summed E-state index contributed by atoms with van der Waals surface area (Å²) in [5, 5.41) is 13.1. The van der Waals surface area contributed by atoms with Gasteiger partial charge < -0.3 is 33.5 Å². The minimum absolute atomic E-state index is 0.0112. The largest absolute Gasteiger partial charge is 0.504 e. The number of hydrogen-bond acceptors (Lipinski definition) is 10. The number of fused-ring (bicyclic) bond motifs is 1. The van der Waals surface area contributed by atoms with Crippen molar-refractivity contribution in [2.24, 2.45) is 0 Å². The third-order valence-corrected chi connectivity index (χ3v) is 5.81. The Hall–Kier alpha value is -4.25. The molecule has 0 unspecified atom stereocenters. The minimum Gasteiger partial charge on any atom is -0.504 e. The normalized spacial score (nSPS) is 13.2. The second-order valence-corrected chi connectivity index (χ2v) is 8.40. The van der Waals surface area contributed by atoms with Crippen LogP contribution in [0.3, 0.4) is 0 Å². The van der Waals surface area contributed by atoms with Gasteiger partial charge >= 0.3 is 12.1 Å². The molecular weight excluding hydrogens is 514 g/mol.